The number of benzene rings is 3. The van der Waals surface area contributed by atoms with Crippen LogP contribution in [0.3, 0.4) is 0 Å². The molecule has 0 saturated heterocycles. The SMILES string of the molecule is CC(C)OC=O.CCCOc1ccc2cc(OCc3ccccc3)ccc2c1. The fourth-order valence-electron chi connectivity index (χ4n) is 2.45. The zero-order valence-corrected chi connectivity index (χ0v) is 16.8. The van der Waals surface area contributed by atoms with E-state index in [2.05, 4.69) is 48.1 Å². The highest BCUT2D eigenvalue weighted by Crippen LogP contribution is 2.25. The van der Waals surface area contributed by atoms with Crippen molar-refractivity contribution < 1.29 is 19.0 Å². The highest BCUT2D eigenvalue weighted by molar-refractivity contribution is 5.85. The fourth-order valence-corrected chi connectivity index (χ4v) is 2.45. The first-order valence-corrected chi connectivity index (χ1v) is 9.54. The average molecular weight is 380 g/mol. The average Bonchev–Trinajstić information content (AvgIpc) is 2.71. The van der Waals surface area contributed by atoms with E-state index in [4.69, 9.17) is 9.47 Å². The minimum Gasteiger partial charge on any atom is -0.494 e. The van der Waals surface area contributed by atoms with Gasteiger partial charge >= 0.3 is 0 Å². The first kappa shape index (κ1) is 21.3. The molecule has 0 heterocycles. The van der Waals surface area contributed by atoms with Crippen molar-refractivity contribution in [2.45, 2.75) is 39.9 Å². The molecule has 0 radical (unpaired) electrons. The van der Waals surface area contributed by atoms with Crippen molar-refractivity contribution in [3.63, 3.8) is 0 Å². The van der Waals surface area contributed by atoms with Gasteiger partial charge in [0.05, 0.1) is 12.7 Å². The molecule has 148 valence electrons. The minimum atomic E-state index is 0.0301. The van der Waals surface area contributed by atoms with Gasteiger partial charge in [0.2, 0.25) is 0 Å². The molecule has 4 heteroatoms. The third kappa shape index (κ3) is 7.31. The Kier molecular flexibility index (Phi) is 8.86. The Morgan fingerprint density at radius 2 is 1.46 bits per heavy atom. The second-order valence-electron chi connectivity index (χ2n) is 6.57. The van der Waals surface area contributed by atoms with E-state index in [-0.39, 0.29) is 6.10 Å². The molecule has 0 unspecified atom stereocenters. The van der Waals surface area contributed by atoms with Gasteiger partial charge in [-0.1, -0.05) is 49.4 Å². The first-order chi connectivity index (χ1) is 13.6. The predicted molar refractivity (Wildman–Crippen MR) is 113 cm³/mol. The third-order valence-electron chi connectivity index (χ3n) is 3.83. The maximum atomic E-state index is 9.39. The highest BCUT2D eigenvalue weighted by atomic mass is 16.5. The van der Waals surface area contributed by atoms with Crippen LogP contribution in [0.15, 0.2) is 66.7 Å². The van der Waals surface area contributed by atoms with E-state index in [1.54, 1.807) is 13.8 Å². The monoisotopic (exact) mass is 380 g/mol. The Morgan fingerprint density at radius 3 is 1.96 bits per heavy atom. The number of carbonyl (C=O) groups excluding carboxylic acids is 1. The molecular formula is C24H28O4. The summed E-state index contributed by atoms with van der Waals surface area (Å²) in [6.45, 7) is 7.50. The van der Waals surface area contributed by atoms with E-state index in [9.17, 15) is 4.79 Å². The van der Waals surface area contributed by atoms with Gasteiger partial charge in [-0.3, -0.25) is 4.79 Å². The van der Waals surface area contributed by atoms with Crippen LogP contribution in [0.2, 0.25) is 0 Å². The van der Waals surface area contributed by atoms with Gasteiger partial charge in [-0.15, -0.1) is 0 Å². The quantitative estimate of drug-likeness (QED) is 0.465. The lowest BCUT2D eigenvalue weighted by Crippen LogP contribution is -1.98. The number of rotatable bonds is 8. The first-order valence-electron chi connectivity index (χ1n) is 9.54. The van der Waals surface area contributed by atoms with Gasteiger partial charge in [0.15, 0.2) is 0 Å². The second kappa shape index (κ2) is 11.7. The second-order valence-corrected chi connectivity index (χ2v) is 6.57. The van der Waals surface area contributed by atoms with Crippen molar-refractivity contribution in [2.24, 2.45) is 0 Å². The smallest absolute Gasteiger partial charge is 0.293 e. The van der Waals surface area contributed by atoms with Crippen molar-refractivity contribution in [1.29, 1.82) is 0 Å². The Bertz CT molecular complexity index is 844. The molecule has 3 rings (SSSR count). The van der Waals surface area contributed by atoms with Crippen molar-refractivity contribution in [3.05, 3.63) is 72.3 Å². The largest absolute Gasteiger partial charge is 0.494 e. The van der Waals surface area contributed by atoms with Gasteiger partial charge in [-0.2, -0.15) is 0 Å². The molecule has 0 bridgehead atoms. The van der Waals surface area contributed by atoms with Crippen LogP contribution >= 0.6 is 0 Å². The van der Waals surface area contributed by atoms with E-state index in [1.165, 1.54) is 10.9 Å². The van der Waals surface area contributed by atoms with Crippen molar-refractivity contribution in [3.8, 4) is 11.5 Å². The van der Waals surface area contributed by atoms with Crippen LogP contribution in [-0.2, 0) is 16.1 Å². The van der Waals surface area contributed by atoms with Crippen LogP contribution in [0.1, 0.15) is 32.8 Å². The summed E-state index contributed by atoms with van der Waals surface area (Å²) in [6.07, 6.45) is 1.05. The van der Waals surface area contributed by atoms with Crippen LogP contribution < -0.4 is 9.47 Å². The molecule has 3 aromatic carbocycles. The zero-order chi connectivity index (χ0) is 20.2. The third-order valence-corrected chi connectivity index (χ3v) is 3.83. The molecule has 0 aliphatic heterocycles. The van der Waals surface area contributed by atoms with Crippen molar-refractivity contribution in [2.75, 3.05) is 6.61 Å². The molecule has 28 heavy (non-hydrogen) atoms. The highest BCUT2D eigenvalue weighted by Gasteiger charge is 2.01. The molecule has 0 aromatic heterocycles. The van der Waals surface area contributed by atoms with E-state index < -0.39 is 0 Å². The summed E-state index contributed by atoms with van der Waals surface area (Å²) >= 11 is 0. The maximum Gasteiger partial charge on any atom is 0.293 e. The van der Waals surface area contributed by atoms with Crippen LogP contribution in [0.4, 0.5) is 0 Å². The van der Waals surface area contributed by atoms with Gasteiger partial charge in [-0.05, 0) is 60.9 Å². The number of carbonyl (C=O) groups is 1. The van der Waals surface area contributed by atoms with Crippen molar-refractivity contribution in [1.82, 2.24) is 0 Å². The lowest BCUT2D eigenvalue weighted by atomic mass is 10.1. The van der Waals surface area contributed by atoms with E-state index >= 15 is 0 Å². The molecule has 4 nitrogen and oxygen atoms in total. The molecule has 0 fully saturated rings. The maximum absolute atomic E-state index is 9.39. The van der Waals surface area contributed by atoms with Gasteiger partial charge in [0.25, 0.3) is 6.47 Å². The lowest BCUT2D eigenvalue weighted by Gasteiger charge is -2.09. The summed E-state index contributed by atoms with van der Waals surface area (Å²) in [4.78, 5) is 9.39. The summed E-state index contributed by atoms with van der Waals surface area (Å²) in [5.74, 6) is 1.81. The lowest BCUT2D eigenvalue weighted by molar-refractivity contribution is -0.131. The van der Waals surface area contributed by atoms with Crippen molar-refractivity contribution >= 4 is 17.2 Å². The summed E-state index contributed by atoms with van der Waals surface area (Å²) < 4.78 is 15.9. The Balaban J connectivity index is 0.000000409. The standard InChI is InChI=1S/C20H20O2.C4H8O2/c1-2-12-21-19-10-8-18-14-20(11-9-17(18)13-19)22-15-16-6-4-3-5-7-16;1-4(2)6-3-5/h3-11,13-14H,2,12,15H2,1H3;3-4H,1-2H3. The molecule has 0 spiro atoms. The van der Waals surface area contributed by atoms with Gasteiger partial charge in [-0.25, -0.2) is 0 Å². The van der Waals surface area contributed by atoms with E-state index in [1.807, 2.05) is 30.3 Å². The molecule has 0 atom stereocenters. The molecule has 0 amide bonds. The number of hydrogen-bond acceptors (Lipinski definition) is 4. The summed E-state index contributed by atoms with van der Waals surface area (Å²) in [5, 5.41) is 2.33. The van der Waals surface area contributed by atoms with Crippen LogP contribution in [0.5, 0.6) is 11.5 Å². The Hall–Kier alpha value is -3.01. The van der Waals surface area contributed by atoms with Gasteiger partial charge in [0.1, 0.15) is 18.1 Å². The molecule has 0 aliphatic carbocycles. The Morgan fingerprint density at radius 1 is 0.857 bits per heavy atom. The minimum absolute atomic E-state index is 0.0301. The molecular weight excluding hydrogens is 352 g/mol. The normalized spacial score (nSPS) is 10.1. The van der Waals surface area contributed by atoms with E-state index in [0.29, 0.717) is 13.1 Å². The topological polar surface area (TPSA) is 44.8 Å². The molecule has 0 saturated carbocycles. The Labute approximate surface area is 167 Å². The number of fused-ring (bicyclic) bond motifs is 1. The molecule has 0 N–H and O–H groups in total. The number of hydrogen-bond donors (Lipinski definition) is 0. The van der Waals surface area contributed by atoms with Gasteiger partial charge < -0.3 is 14.2 Å². The van der Waals surface area contributed by atoms with Crippen LogP contribution in [-0.4, -0.2) is 19.2 Å². The molecule has 0 aliphatic rings. The number of ether oxygens (including phenoxy) is 3. The van der Waals surface area contributed by atoms with E-state index in [0.717, 1.165) is 29.9 Å². The zero-order valence-electron chi connectivity index (χ0n) is 16.8. The van der Waals surface area contributed by atoms with Gasteiger partial charge in [0, 0.05) is 0 Å². The summed E-state index contributed by atoms with van der Waals surface area (Å²) in [5.41, 5.74) is 1.17. The summed E-state index contributed by atoms with van der Waals surface area (Å²) in [7, 11) is 0. The predicted octanol–water partition coefficient (Wildman–Crippen LogP) is 5.78. The fraction of sp³-hybridized carbons (Fsp3) is 0.292. The molecule has 3 aromatic rings. The van der Waals surface area contributed by atoms with Crippen LogP contribution in [0, 0.1) is 0 Å². The van der Waals surface area contributed by atoms with Crippen LogP contribution in [0.25, 0.3) is 10.8 Å². The summed E-state index contributed by atoms with van der Waals surface area (Å²) in [6, 6.07) is 22.5.